The molecule has 0 atom stereocenters. The summed E-state index contributed by atoms with van der Waals surface area (Å²) in [7, 11) is -2.04. The molecule has 4 heterocycles. The van der Waals surface area contributed by atoms with Crippen molar-refractivity contribution in [1.29, 1.82) is 0 Å². The summed E-state index contributed by atoms with van der Waals surface area (Å²) in [6.07, 6.45) is 5.93. The number of nitrogens with one attached hydrogen (secondary N) is 1. The molecule has 10 heteroatoms. The molecule has 0 aliphatic carbocycles. The van der Waals surface area contributed by atoms with E-state index in [1.54, 1.807) is 40.9 Å². The Labute approximate surface area is 182 Å². The van der Waals surface area contributed by atoms with E-state index in [-0.39, 0.29) is 35.7 Å². The van der Waals surface area contributed by atoms with Gasteiger partial charge >= 0.3 is 0 Å². The van der Waals surface area contributed by atoms with Gasteiger partial charge in [0, 0.05) is 51.5 Å². The summed E-state index contributed by atoms with van der Waals surface area (Å²) in [5, 5.41) is 2.78. The highest BCUT2D eigenvalue weighted by molar-refractivity contribution is 7.89. The van der Waals surface area contributed by atoms with Gasteiger partial charge in [-0.1, -0.05) is 6.07 Å². The number of hydrogen-bond donors (Lipinski definition) is 1. The van der Waals surface area contributed by atoms with Crippen LogP contribution >= 0.6 is 0 Å². The molecule has 4 rings (SSSR count). The number of aromatic nitrogens is 2. The van der Waals surface area contributed by atoms with Gasteiger partial charge in [-0.15, -0.1) is 0 Å². The molecule has 1 N–H and O–H groups in total. The van der Waals surface area contributed by atoms with Gasteiger partial charge in [-0.2, -0.15) is 4.31 Å². The van der Waals surface area contributed by atoms with Crippen molar-refractivity contribution in [3.8, 4) is 0 Å². The van der Waals surface area contributed by atoms with Crippen LogP contribution in [0.2, 0.25) is 0 Å². The van der Waals surface area contributed by atoms with Crippen LogP contribution in [0.15, 0.2) is 41.6 Å². The molecule has 0 radical (unpaired) electrons. The third kappa shape index (κ3) is 4.49. The van der Waals surface area contributed by atoms with E-state index >= 15 is 0 Å². The van der Waals surface area contributed by atoms with Crippen LogP contribution in [0.25, 0.3) is 0 Å². The van der Waals surface area contributed by atoms with Crippen molar-refractivity contribution in [3.63, 3.8) is 0 Å². The summed E-state index contributed by atoms with van der Waals surface area (Å²) in [5.74, 6) is -0.0566. The zero-order chi connectivity index (χ0) is 22.0. The molecule has 0 bridgehead atoms. The quantitative estimate of drug-likeness (QED) is 0.754. The lowest BCUT2D eigenvalue weighted by molar-refractivity contribution is -0.120. The van der Waals surface area contributed by atoms with Crippen LogP contribution < -0.4 is 5.32 Å². The highest BCUT2D eigenvalue weighted by atomic mass is 32.2. The number of carbonyl (C=O) groups is 2. The maximum Gasteiger partial charge on any atom is 0.270 e. The van der Waals surface area contributed by atoms with E-state index in [9.17, 15) is 18.0 Å². The van der Waals surface area contributed by atoms with Gasteiger partial charge in [-0.05, 0) is 43.9 Å². The number of nitrogens with zero attached hydrogens (tertiary/aromatic N) is 4. The zero-order valence-corrected chi connectivity index (χ0v) is 18.3. The fraction of sp³-hybridized carbons (Fsp3) is 0.476. The van der Waals surface area contributed by atoms with Gasteiger partial charge in [-0.3, -0.25) is 9.59 Å². The van der Waals surface area contributed by atoms with Crippen LogP contribution in [-0.4, -0.2) is 65.2 Å². The predicted molar refractivity (Wildman–Crippen MR) is 115 cm³/mol. The van der Waals surface area contributed by atoms with Crippen LogP contribution in [0.5, 0.6) is 0 Å². The first-order valence-electron chi connectivity index (χ1n) is 10.5. The van der Waals surface area contributed by atoms with Gasteiger partial charge in [-0.25, -0.2) is 13.4 Å². The average Bonchev–Trinajstić information content (AvgIpc) is 3.44. The molecule has 2 aromatic heterocycles. The molecule has 166 valence electrons. The van der Waals surface area contributed by atoms with E-state index in [1.807, 2.05) is 0 Å². The lowest BCUT2D eigenvalue weighted by atomic mass is 9.97. The number of rotatable bonds is 5. The molecular formula is C21H27N5O4S. The lowest BCUT2D eigenvalue weighted by Crippen LogP contribution is -2.41. The van der Waals surface area contributed by atoms with Gasteiger partial charge in [0.1, 0.15) is 16.4 Å². The SMILES string of the molecule is Cn1cc(S(=O)(=O)N2CCC(C(=O)Nc3ccccn3)CC2)cc1C(=O)N1CCCC1. The van der Waals surface area contributed by atoms with Crippen LogP contribution in [0, 0.1) is 5.92 Å². The fourth-order valence-corrected chi connectivity index (χ4v) is 5.68. The maximum atomic E-state index is 13.1. The predicted octanol–water partition coefficient (Wildman–Crippen LogP) is 1.70. The number of sulfonamides is 1. The highest BCUT2D eigenvalue weighted by Gasteiger charge is 2.34. The smallest absolute Gasteiger partial charge is 0.270 e. The number of likely N-dealkylation sites (tertiary alicyclic amines) is 1. The summed E-state index contributed by atoms with van der Waals surface area (Å²) in [4.78, 5) is 31.1. The second kappa shape index (κ2) is 8.80. The zero-order valence-electron chi connectivity index (χ0n) is 17.5. The molecule has 9 nitrogen and oxygen atoms in total. The summed E-state index contributed by atoms with van der Waals surface area (Å²) in [6, 6.07) is 6.75. The van der Waals surface area contributed by atoms with Crippen molar-refractivity contribution in [3.05, 3.63) is 42.4 Å². The molecule has 2 fully saturated rings. The maximum absolute atomic E-state index is 13.1. The van der Waals surface area contributed by atoms with E-state index in [0.717, 1.165) is 12.8 Å². The molecule has 2 amide bonds. The van der Waals surface area contributed by atoms with Crippen molar-refractivity contribution in [2.45, 2.75) is 30.6 Å². The van der Waals surface area contributed by atoms with Crippen molar-refractivity contribution >= 4 is 27.7 Å². The van der Waals surface area contributed by atoms with Crippen LogP contribution in [0.3, 0.4) is 0 Å². The standard InChI is InChI=1S/C21H27N5O4S/c1-24-15-17(14-18(24)21(28)25-10-4-5-11-25)31(29,30)26-12-7-16(8-13-26)20(27)23-19-6-2-3-9-22-19/h2-3,6,9,14-16H,4-5,7-8,10-13H2,1H3,(H,22,23,27). The molecule has 2 aliphatic heterocycles. The highest BCUT2D eigenvalue weighted by Crippen LogP contribution is 2.26. The van der Waals surface area contributed by atoms with E-state index in [0.29, 0.717) is 37.4 Å². The number of piperidine rings is 1. The summed E-state index contributed by atoms with van der Waals surface area (Å²) in [5.41, 5.74) is 0.380. The number of carbonyl (C=O) groups excluding carboxylic acids is 2. The molecule has 2 aliphatic rings. The molecule has 0 saturated carbocycles. The van der Waals surface area contributed by atoms with Gasteiger partial charge in [0.05, 0.1) is 0 Å². The number of pyridine rings is 1. The molecule has 2 saturated heterocycles. The van der Waals surface area contributed by atoms with Gasteiger partial charge in [0.15, 0.2) is 0 Å². The van der Waals surface area contributed by atoms with E-state index < -0.39 is 10.0 Å². The Kier molecular flexibility index (Phi) is 6.10. The Bertz CT molecular complexity index is 1050. The lowest BCUT2D eigenvalue weighted by Gasteiger charge is -2.30. The summed E-state index contributed by atoms with van der Waals surface area (Å²) in [6.45, 7) is 1.93. The monoisotopic (exact) mass is 445 g/mol. The molecule has 0 aromatic carbocycles. The number of hydrogen-bond acceptors (Lipinski definition) is 5. The fourth-order valence-electron chi connectivity index (χ4n) is 4.14. The first-order valence-corrected chi connectivity index (χ1v) is 12.0. The third-order valence-corrected chi connectivity index (χ3v) is 7.83. The minimum absolute atomic E-state index is 0.119. The first-order chi connectivity index (χ1) is 14.9. The van der Waals surface area contributed by atoms with E-state index in [2.05, 4.69) is 10.3 Å². The second-order valence-corrected chi connectivity index (χ2v) is 9.99. The Morgan fingerprint density at radius 3 is 2.45 bits per heavy atom. The topological polar surface area (TPSA) is 105 Å². The van der Waals surface area contributed by atoms with E-state index in [4.69, 9.17) is 0 Å². The minimum atomic E-state index is -3.73. The third-order valence-electron chi connectivity index (χ3n) is 5.97. The molecule has 31 heavy (non-hydrogen) atoms. The van der Waals surface area contributed by atoms with Crippen LogP contribution in [0.4, 0.5) is 5.82 Å². The average molecular weight is 446 g/mol. The second-order valence-electron chi connectivity index (χ2n) is 8.05. The van der Waals surface area contributed by atoms with Crippen molar-refractivity contribution in [2.75, 3.05) is 31.5 Å². The van der Waals surface area contributed by atoms with Gasteiger partial charge in [0.2, 0.25) is 15.9 Å². The Balaban J connectivity index is 1.40. The first kappa shape index (κ1) is 21.5. The van der Waals surface area contributed by atoms with Crippen LogP contribution in [-0.2, 0) is 21.9 Å². The molecular weight excluding hydrogens is 418 g/mol. The summed E-state index contributed by atoms with van der Waals surface area (Å²) < 4.78 is 29.3. The van der Waals surface area contributed by atoms with Crippen molar-refractivity contribution < 1.29 is 18.0 Å². The number of aryl methyl sites for hydroxylation is 1. The normalized spacial score (nSPS) is 18.3. The Hall–Kier alpha value is -2.72. The Morgan fingerprint density at radius 1 is 1.10 bits per heavy atom. The number of anilines is 1. The Morgan fingerprint density at radius 2 is 1.81 bits per heavy atom. The molecule has 2 aromatic rings. The minimum Gasteiger partial charge on any atom is -0.345 e. The summed E-state index contributed by atoms with van der Waals surface area (Å²) >= 11 is 0. The largest absolute Gasteiger partial charge is 0.345 e. The van der Waals surface area contributed by atoms with Gasteiger partial charge < -0.3 is 14.8 Å². The van der Waals surface area contributed by atoms with Gasteiger partial charge in [0.25, 0.3) is 5.91 Å². The van der Waals surface area contributed by atoms with Crippen LogP contribution in [0.1, 0.15) is 36.2 Å². The molecule has 0 unspecified atom stereocenters. The van der Waals surface area contributed by atoms with E-state index in [1.165, 1.54) is 16.6 Å². The van der Waals surface area contributed by atoms with Crippen molar-refractivity contribution in [2.24, 2.45) is 13.0 Å². The molecule has 0 spiro atoms. The number of amides is 2. The van der Waals surface area contributed by atoms with Crippen molar-refractivity contribution in [1.82, 2.24) is 18.8 Å².